The minimum absolute atomic E-state index is 0.0606. The van der Waals surface area contributed by atoms with Crippen molar-refractivity contribution in [3.63, 3.8) is 0 Å². The summed E-state index contributed by atoms with van der Waals surface area (Å²) in [5.74, 6) is -0.643. The smallest absolute Gasteiger partial charge is 0.303 e. The number of halogens is 1. The Morgan fingerprint density at radius 2 is 2.29 bits per heavy atom. The predicted octanol–water partition coefficient (Wildman–Crippen LogP) is 2.70. The highest BCUT2D eigenvalue weighted by atomic mass is 35.5. The fourth-order valence-electron chi connectivity index (χ4n) is 2.79. The molecule has 0 bridgehead atoms. The van der Waals surface area contributed by atoms with Gasteiger partial charge >= 0.3 is 5.97 Å². The molecule has 114 valence electrons. The minimum atomic E-state index is -0.789. The molecule has 2 atom stereocenters. The van der Waals surface area contributed by atoms with Crippen LogP contribution in [0.3, 0.4) is 0 Å². The number of carbonyl (C=O) groups excluding carboxylic acids is 1. The van der Waals surface area contributed by atoms with Crippen LogP contribution in [0.15, 0.2) is 18.2 Å². The van der Waals surface area contributed by atoms with E-state index in [1.165, 1.54) is 0 Å². The van der Waals surface area contributed by atoms with Gasteiger partial charge in [0.25, 0.3) is 5.91 Å². The number of rotatable bonds is 4. The van der Waals surface area contributed by atoms with Crippen LogP contribution >= 0.6 is 11.6 Å². The number of aliphatic carboxylic acids is 1. The van der Waals surface area contributed by atoms with Gasteiger partial charge in [0.15, 0.2) is 0 Å². The second kappa shape index (κ2) is 6.89. The van der Waals surface area contributed by atoms with Crippen LogP contribution in [0.2, 0.25) is 5.15 Å². The zero-order valence-corrected chi connectivity index (χ0v) is 12.7. The lowest BCUT2D eigenvalue weighted by Gasteiger charge is -2.35. The molecule has 0 spiro atoms. The van der Waals surface area contributed by atoms with Gasteiger partial charge in [0.2, 0.25) is 0 Å². The van der Waals surface area contributed by atoms with Crippen LogP contribution in [-0.4, -0.2) is 40.0 Å². The van der Waals surface area contributed by atoms with Gasteiger partial charge < -0.3 is 10.0 Å². The first-order valence-electron chi connectivity index (χ1n) is 7.11. The van der Waals surface area contributed by atoms with Crippen LogP contribution in [-0.2, 0) is 4.79 Å². The third kappa shape index (κ3) is 4.17. The summed E-state index contributed by atoms with van der Waals surface area (Å²) < 4.78 is 0. The molecule has 0 radical (unpaired) electrons. The van der Waals surface area contributed by atoms with Crippen molar-refractivity contribution in [2.75, 3.05) is 13.1 Å². The zero-order chi connectivity index (χ0) is 15.4. The van der Waals surface area contributed by atoms with Crippen molar-refractivity contribution < 1.29 is 14.7 Å². The topological polar surface area (TPSA) is 70.5 Å². The maximum atomic E-state index is 12.4. The largest absolute Gasteiger partial charge is 0.481 e. The molecule has 1 aromatic rings. The number of pyridine rings is 1. The molecule has 1 aliphatic rings. The summed E-state index contributed by atoms with van der Waals surface area (Å²) >= 11 is 5.82. The van der Waals surface area contributed by atoms with E-state index in [4.69, 9.17) is 16.7 Å². The zero-order valence-electron chi connectivity index (χ0n) is 12.0. The minimum Gasteiger partial charge on any atom is -0.481 e. The first kappa shape index (κ1) is 15.8. The number of likely N-dealkylation sites (tertiary alicyclic amines) is 1. The Bertz CT molecular complexity index is 535. The molecule has 1 saturated heterocycles. The van der Waals surface area contributed by atoms with Crippen molar-refractivity contribution >= 4 is 23.5 Å². The molecule has 0 saturated carbocycles. The highest BCUT2D eigenvalue weighted by Crippen LogP contribution is 2.27. The van der Waals surface area contributed by atoms with E-state index in [1.807, 2.05) is 6.92 Å². The van der Waals surface area contributed by atoms with E-state index in [-0.39, 0.29) is 24.2 Å². The summed E-state index contributed by atoms with van der Waals surface area (Å²) in [7, 11) is 0. The summed E-state index contributed by atoms with van der Waals surface area (Å²) in [6.45, 7) is 3.20. The van der Waals surface area contributed by atoms with Crippen LogP contribution in [0.1, 0.15) is 36.7 Å². The van der Waals surface area contributed by atoms with Gasteiger partial charge in [0, 0.05) is 19.5 Å². The van der Waals surface area contributed by atoms with Crippen molar-refractivity contribution in [3.05, 3.63) is 29.0 Å². The van der Waals surface area contributed by atoms with E-state index in [0.717, 1.165) is 12.8 Å². The number of hydrogen-bond acceptors (Lipinski definition) is 3. The number of carboxylic acids is 1. The third-order valence-corrected chi connectivity index (χ3v) is 4.19. The number of hydrogen-bond donors (Lipinski definition) is 1. The first-order chi connectivity index (χ1) is 9.97. The van der Waals surface area contributed by atoms with E-state index in [9.17, 15) is 9.59 Å². The Hall–Kier alpha value is -1.62. The Balaban J connectivity index is 2.03. The summed E-state index contributed by atoms with van der Waals surface area (Å²) in [4.78, 5) is 29.1. The lowest BCUT2D eigenvalue weighted by atomic mass is 9.84. The maximum absolute atomic E-state index is 12.4. The van der Waals surface area contributed by atoms with Gasteiger partial charge in [-0.1, -0.05) is 24.6 Å². The normalized spacial score (nSPS) is 20.1. The van der Waals surface area contributed by atoms with Gasteiger partial charge in [-0.3, -0.25) is 9.59 Å². The molecule has 5 nitrogen and oxygen atoms in total. The quantitative estimate of drug-likeness (QED) is 0.868. The van der Waals surface area contributed by atoms with Gasteiger partial charge in [-0.25, -0.2) is 4.98 Å². The number of nitrogens with zero attached hydrogens (tertiary/aromatic N) is 2. The lowest BCUT2D eigenvalue weighted by Crippen LogP contribution is -2.42. The fourth-order valence-corrected chi connectivity index (χ4v) is 2.95. The SMILES string of the molecule is CC(CC(=O)O)C1CCCN(C(=O)c2cccc(Cl)n2)C1. The average molecular weight is 311 g/mol. The molecule has 2 heterocycles. The van der Waals surface area contributed by atoms with Crippen LogP contribution in [0.4, 0.5) is 0 Å². The lowest BCUT2D eigenvalue weighted by molar-refractivity contribution is -0.138. The molecule has 2 rings (SSSR count). The van der Waals surface area contributed by atoms with Crippen LogP contribution in [0, 0.1) is 11.8 Å². The molecular weight excluding hydrogens is 292 g/mol. The molecule has 1 amide bonds. The number of aromatic nitrogens is 1. The van der Waals surface area contributed by atoms with Gasteiger partial charge in [0.1, 0.15) is 10.8 Å². The van der Waals surface area contributed by atoms with E-state index >= 15 is 0 Å². The Morgan fingerprint density at radius 3 is 2.95 bits per heavy atom. The van der Waals surface area contributed by atoms with Crippen molar-refractivity contribution in [2.24, 2.45) is 11.8 Å². The molecule has 1 N–H and O–H groups in total. The standard InChI is InChI=1S/C15H19ClN2O3/c1-10(8-14(19)20)11-4-3-7-18(9-11)15(21)12-5-2-6-13(16)17-12/h2,5-6,10-11H,3-4,7-9H2,1H3,(H,19,20). The summed E-state index contributed by atoms with van der Waals surface area (Å²) in [6.07, 6.45) is 1.99. The molecule has 0 aliphatic carbocycles. The molecule has 2 unspecified atom stereocenters. The predicted molar refractivity (Wildman–Crippen MR) is 79.3 cm³/mol. The molecule has 1 aromatic heterocycles. The van der Waals surface area contributed by atoms with Gasteiger partial charge in [0.05, 0.1) is 0 Å². The van der Waals surface area contributed by atoms with E-state index in [0.29, 0.717) is 23.9 Å². The molecular formula is C15H19ClN2O3. The van der Waals surface area contributed by atoms with E-state index in [1.54, 1.807) is 23.1 Å². The van der Waals surface area contributed by atoms with Gasteiger partial charge in [-0.2, -0.15) is 0 Å². The Labute approximate surface area is 128 Å². The monoisotopic (exact) mass is 310 g/mol. The summed E-state index contributed by atoms with van der Waals surface area (Å²) in [5, 5.41) is 9.19. The van der Waals surface area contributed by atoms with Crippen molar-refractivity contribution in [3.8, 4) is 0 Å². The summed E-state index contributed by atoms with van der Waals surface area (Å²) in [6, 6.07) is 4.99. The molecule has 6 heteroatoms. The van der Waals surface area contributed by atoms with Crippen molar-refractivity contribution in [1.82, 2.24) is 9.88 Å². The Kier molecular flexibility index (Phi) is 5.17. The van der Waals surface area contributed by atoms with Gasteiger partial charge in [-0.15, -0.1) is 0 Å². The van der Waals surface area contributed by atoms with Crippen LogP contribution in [0.25, 0.3) is 0 Å². The highest BCUT2D eigenvalue weighted by Gasteiger charge is 2.29. The number of carbonyl (C=O) groups is 2. The molecule has 0 aromatic carbocycles. The fraction of sp³-hybridized carbons (Fsp3) is 0.533. The van der Waals surface area contributed by atoms with E-state index in [2.05, 4.69) is 4.98 Å². The first-order valence-corrected chi connectivity index (χ1v) is 7.49. The van der Waals surface area contributed by atoms with E-state index < -0.39 is 5.97 Å². The van der Waals surface area contributed by atoms with Gasteiger partial charge in [-0.05, 0) is 36.8 Å². The molecule has 1 aliphatic heterocycles. The molecule has 1 fully saturated rings. The van der Waals surface area contributed by atoms with Crippen LogP contribution in [0.5, 0.6) is 0 Å². The third-order valence-electron chi connectivity index (χ3n) is 3.98. The second-order valence-corrected chi connectivity index (χ2v) is 5.96. The highest BCUT2D eigenvalue weighted by molar-refractivity contribution is 6.29. The average Bonchev–Trinajstić information content (AvgIpc) is 2.46. The maximum Gasteiger partial charge on any atom is 0.303 e. The number of amides is 1. The van der Waals surface area contributed by atoms with Crippen molar-refractivity contribution in [2.45, 2.75) is 26.2 Å². The number of carboxylic acid groups (broad SMARTS) is 1. The summed E-state index contributed by atoms with van der Waals surface area (Å²) in [5.41, 5.74) is 0.342. The Morgan fingerprint density at radius 1 is 1.52 bits per heavy atom. The van der Waals surface area contributed by atoms with Crippen LogP contribution < -0.4 is 0 Å². The second-order valence-electron chi connectivity index (χ2n) is 5.57. The number of piperidine rings is 1. The van der Waals surface area contributed by atoms with Crippen molar-refractivity contribution in [1.29, 1.82) is 0 Å². The molecule has 21 heavy (non-hydrogen) atoms.